The lowest BCUT2D eigenvalue weighted by Gasteiger charge is -2.42. The number of carbonyl (C=O) groups is 1. The number of carbonyl (C=O) groups excluding carboxylic acids is 1. The van der Waals surface area contributed by atoms with E-state index < -0.39 is 25.1 Å². The van der Waals surface area contributed by atoms with Crippen molar-refractivity contribution in [1.82, 2.24) is 4.90 Å². The summed E-state index contributed by atoms with van der Waals surface area (Å²) in [5.41, 5.74) is -1.48. The van der Waals surface area contributed by atoms with E-state index in [1.54, 1.807) is 18.7 Å². The lowest BCUT2D eigenvalue weighted by Crippen LogP contribution is -2.55. The summed E-state index contributed by atoms with van der Waals surface area (Å²) in [4.78, 5) is 14.2. The van der Waals surface area contributed by atoms with Crippen molar-refractivity contribution in [1.29, 1.82) is 5.26 Å². The van der Waals surface area contributed by atoms with Gasteiger partial charge in [0.05, 0.1) is 25.9 Å². The molecular weight excluding hydrogens is 383 g/mol. The molecule has 9 heteroatoms. The Morgan fingerprint density at radius 2 is 1.79 bits per heavy atom. The summed E-state index contributed by atoms with van der Waals surface area (Å²) >= 11 is 0. The predicted octanol–water partition coefficient (Wildman–Crippen LogP) is 5.04. The first-order chi connectivity index (χ1) is 13.1. The normalized spacial score (nSPS) is 20.6. The van der Waals surface area contributed by atoms with Gasteiger partial charge in [-0.2, -0.15) is 5.26 Å². The monoisotopic (exact) mass is 418 g/mol. The Hall–Kier alpha value is -1.13. The molecule has 1 fully saturated rings. The summed E-state index contributed by atoms with van der Waals surface area (Å²) in [6.45, 7) is 10.1. The number of amides is 1. The number of unbranched alkanes of at least 4 members (excludes halogenated alkanes) is 1. The second kappa shape index (κ2) is 11.2. The second-order valence-electron chi connectivity index (χ2n) is 7.81. The van der Waals surface area contributed by atoms with Gasteiger partial charge in [0.25, 0.3) is 0 Å². The highest BCUT2D eigenvalue weighted by Crippen LogP contribution is 2.49. The van der Waals surface area contributed by atoms with E-state index in [9.17, 15) is 14.6 Å². The molecule has 1 amide bonds. The molecule has 0 bridgehead atoms. The van der Waals surface area contributed by atoms with Crippen molar-refractivity contribution >= 4 is 13.9 Å². The molecule has 0 saturated carbocycles. The van der Waals surface area contributed by atoms with Crippen LogP contribution in [0.15, 0.2) is 0 Å². The number of phosphoric ester groups is 1. The van der Waals surface area contributed by atoms with Gasteiger partial charge in [0.2, 0.25) is 0 Å². The molecule has 0 aliphatic carbocycles. The van der Waals surface area contributed by atoms with Crippen molar-refractivity contribution in [3.8, 4) is 6.07 Å². The van der Waals surface area contributed by atoms with Crippen LogP contribution in [0.1, 0.15) is 73.1 Å². The fourth-order valence-electron chi connectivity index (χ4n) is 3.18. The largest absolute Gasteiger partial charge is 0.474 e. The summed E-state index contributed by atoms with van der Waals surface area (Å²) in [5.74, 6) is 0. The zero-order valence-electron chi connectivity index (χ0n) is 17.9. The number of phosphoric acid groups is 1. The molecule has 0 N–H and O–H groups in total. The average molecular weight is 418 g/mol. The second-order valence-corrected chi connectivity index (χ2v) is 9.47. The number of hydrogen-bond acceptors (Lipinski definition) is 7. The zero-order valence-corrected chi connectivity index (χ0v) is 18.8. The smallest absolute Gasteiger partial charge is 0.444 e. The third kappa shape index (κ3) is 7.71. The SMILES string of the molecule is CCOP(=O)(OCC)OCCCCC1(C#N)CCCCN1C(=O)OC(C)(C)C. The van der Waals surface area contributed by atoms with Gasteiger partial charge in [0.1, 0.15) is 11.1 Å². The fraction of sp³-hybridized carbons (Fsp3) is 0.895. The van der Waals surface area contributed by atoms with Crippen molar-refractivity contribution in [2.24, 2.45) is 0 Å². The third-order valence-electron chi connectivity index (χ3n) is 4.37. The Labute approximate surface area is 169 Å². The van der Waals surface area contributed by atoms with E-state index >= 15 is 0 Å². The van der Waals surface area contributed by atoms with Crippen LogP contribution < -0.4 is 0 Å². The van der Waals surface area contributed by atoms with Gasteiger partial charge in [-0.1, -0.05) is 0 Å². The Morgan fingerprint density at radius 1 is 1.14 bits per heavy atom. The summed E-state index contributed by atoms with van der Waals surface area (Å²) in [7, 11) is -3.52. The highest BCUT2D eigenvalue weighted by molar-refractivity contribution is 7.48. The molecule has 0 spiro atoms. The molecule has 1 aliphatic rings. The first-order valence-corrected chi connectivity index (χ1v) is 11.5. The summed E-state index contributed by atoms with van der Waals surface area (Å²) in [6.07, 6.45) is 3.67. The van der Waals surface area contributed by atoms with E-state index in [2.05, 4.69) is 6.07 Å². The van der Waals surface area contributed by atoms with Gasteiger partial charge >= 0.3 is 13.9 Å². The van der Waals surface area contributed by atoms with Gasteiger partial charge in [-0.05, 0) is 73.1 Å². The van der Waals surface area contributed by atoms with Crippen molar-refractivity contribution in [2.45, 2.75) is 84.3 Å². The van der Waals surface area contributed by atoms with Crippen LogP contribution in [-0.2, 0) is 22.9 Å². The molecule has 8 nitrogen and oxygen atoms in total. The minimum Gasteiger partial charge on any atom is -0.444 e. The van der Waals surface area contributed by atoms with Crippen LogP contribution in [0.3, 0.4) is 0 Å². The number of piperidine rings is 1. The lowest BCUT2D eigenvalue weighted by molar-refractivity contribution is -0.00471. The molecule has 162 valence electrons. The molecule has 1 unspecified atom stereocenters. The summed E-state index contributed by atoms with van der Waals surface area (Å²) in [6, 6.07) is 2.36. The lowest BCUT2D eigenvalue weighted by atomic mass is 9.83. The molecule has 1 rings (SSSR count). The highest BCUT2D eigenvalue weighted by atomic mass is 31.2. The molecule has 1 heterocycles. The quantitative estimate of drug-likeness (QED) is 0.362. The zero-order chi connectivity index (χ0) is 21.3. The maximum atomic E-state index is 12.6. The fourth-order valence-corrected chi connectivity index (χ4v) is 4.38. The van der Waals surface area contributed by atoms with Crippen molar-refractivity contribution in [3.05, 3.63) is 0 Å². The van der Waals surface area contributed by atoms with E-state index in [0.29, 0.717) is 32.2 Å². The Balaban J connectivity index is 2.63. The molecule has 0 aromatic rings. The van der Waals surface area contributed by atoms with Crippen molar-refractivity contribution < 1.29 is 27.7 Å². The predicted molar refractivity (Wildman–Crippen MR) is 106 cm³/mol. The van der Waals surface area contributed by atoms with E-state index in [1.165, 1.54) is 0 Å². The van der Waals surface area contributed by atoms with Crippen LogP contribution in [0, 0.1) is 11.3 Å². The molecule has 1 saturated heterocycles. The van der Waals surface area contributed by atoms with Gasteiger partial charge < -0.3 is 4.74 Å². The van der Waals surface area contributed by atoms with Gasteiger partial charge in [-0.3, -0.25) is 18.5 Å². The average Bonchev–Trinajstić information content (AvgIpc) is 2.60. The van der Waals surface area contributed by atoms with E-state index in [-0.39, 0.29) is 19.8 Å². The van der Waals surface area contributed by atoms with E-state index in [1.807, 2.05) is 20.8 Å². The summed E-state index contributed by atoms with van der Waals surface area (Å²) < 4.78 is 33.3. The number of nitriles is 1. The topological polar surface area (TPSA) is 98.1 Å². The van der Waals surface area contributed by atoms with Crippen molar-refractivity contribution in [3.63, 3.8) is 0 Å². The Morgan fingerprint density at radius 3 is 2.32 bits per heavy atom. The van der Waals surface area contributed by atoms with Gasteiger partial charge in [-0.25, -0.2) is 9.36 Å². The maximum Gasteiger partial charge on any atom is 0.474 e. The Bertz CT molecular complexity index is 576. The van der Waals surface area contributed by atoms with E-state index in [0.717, 1.165) is 12.8 Å². The molecule has 1 aliphatic heterocycles. The van der Waals surface area contributed by atoms with Gasteiger partial charge in [0, 0.05) is 6.54 Å². The van der Waals surface area contributed by atoms with Crippen LogP contribution in [-0.4, -0.2) is 48.5 Å². The van der Waals surface area contributed by atoms with Crippen LogP contribution in [0.5, 0.6) is 0 Å². The molecule has 28 heavy (non-hydrogen) atoms. The molecule has 0 aromatic carbocycles. The number of hydrogen-bond donors (Lipinski definition) is 0. The number of likely N-dealkylation sites (tertiary alicyclic amines) is 1. The van der Waals surface area contributed by atoms with Crippen LogP contribution >= 0.6 is 7.82 Å². The maximum absolute atomic E-state index is 12.6. The molecule has 0 radical (unpaired) electrons. The van der Waals surface area contributed by atoms with E-state index in [4.69, 9.17) is 18.3 Å². The van der Waals surface area contributed by atoms with Gasteiger partial charge in [0.15, 0.2) is 0 Å². The van der Waals surface area contributed by atoms with Crippen LogP contribution in [0.25, 0.3) is 0 Å². The third-order valence-corrected chi connectivity index (χ3v) is 6.02. The molecular formula is C19H35N2O6P. The first-order valence-electron chi connectivity index (χ1n) is 10.1. The van der Waals surface area contributed by atoms with Crippen LogP contribution in [0.2, 0.25) is 0 Å². The number of nitrogens with zero attached hydrogens (tertiary/aromatic N) is 2. The van der Waals surface area contributed by atoms with Gasteiger partial charge in [-0.15, -0.1) is 0 Å². The highest BCUT2D eigenvalue weighted by Gasteiger charge is 2.43. The minimum atomic E-state index is -3.52. The molecule has 0 aromatic heterocycles. The minimum absolute atomic E-state index is 0.200. The first kappa shape index (κ1) is 24.9. The number of rotatable bonds is 10. The number of ether oxygens (including phenoxy) is 1. The Kier molecular flexibility index (Phi) is 9.92. The van der Waals surface area contributed by atoms with Crippen molar-refractivity contribution in [2.75, 3.05) is 26.4 Å². The standard InChI is InChI=1S/C19H35N2O6P/c1-6-24-28(23,25-7-2)26-15-11-9-13-19(16-20)12-8-10-14-21(19)17(22)27-18(3,4)5/h6-15H2,1-5H3. The summed E-state index contributed by atoms with van der Waals surface area (Å²) in [5, 5.41) is 9.87. The van der Waals surface area contributed by atoms with Crippen LogP contribution in [0.4, 0.5) is 4.79 Å². The molecule has 1 atom stereocenters.